The van der Waals surface area contributed by atoms with E-state index < -0.39 is 11.8 Å². The van der Waals surface area contributed by atoms with Crippen LogP contribution < -0.4 is 10.2 Å². The third-order valence-corrected chi connectivity index (χ3v) is 3.18. The summed E-state index contributed by atoms with van der Waals surface area (Å²) in [6, 6.07) is 4.67. The highest BCUT2D eigenvalue weighted by Gasteiger charge is 2.12. The van der Waals surface area contributed by atoms with Crippen molar-refractivity contribution in [1.29, 1.82) is 0 Å². The van der Waals surface area contributed by atoms with Crippen molar-refractivity contribution < 1.29 is 19.1 Å². The largest absolute Gasteiger partial charge is 0.481 e. The zero-order valence-electron chi connectivity index (χ0n) is 12.5. The molecule has 0 atom stereocenters. The van der Waals surface area contributed by atoms with E-state index in [1.54, 1.807) is 24.1 Å². The molecule has 1 aromatic carbocycles. The van der Waals surface area contributed by atoms with Crippen LogP contribution in [0.3, 0.4) is 0 Å². The molecule has 0 bridgehead atoms. The van der Waals surface area contributed by atoms with Gasteiger partial charge in [0.25, 0.3) is 0 Å². The van der Waals surface area contributed by atoms with Crippen LogP contribution in [-0.2, 0) is 9.59 Å². The molecule has 0 saturated heterocycles. The molecule has 1 aromatic rings. The predicted molar refractivity (Wildman–Crippen MR) is 80.1 cm³/mol. The van der Waals surface area contributed by atoms with Gasteiger partial charge >= 0.3 is 5.97 Å². The van der Waals surface area contributed by atoms with E-state index in [1.165, 1.54) is 6.07 Å². The van der Waals surface area contributed by atoms with Gasteiger partial charge in [-0.15, -0.1) is 0 Å². The number of rotatable bonds is 7. The molecule has 6 heteroatoms. The number of carboxylic acid groups (broad SMARTS) is 1. The average Bonchev–Trinajstić information content (AvgIpc) is 2.37. The molecule has 116 valence electrons. The third kappa shape index (κ3) is 5.41. The Morgan fingerprint density at radius 3 is 2.52 bits per heavy atom. The summed E-state index contributed by atoms with van der Waals surface area (Å²) in [5.74, 6) is -1.66. The molecule has 1 amide bonds. The van der Waals surface area contributed by atoms with Crippen LogP contribution in [0.15, 0.2) is 18.2 Å². The maximum absolute atomic E-state index is 14.0. The second-order valence-corrected chi connectivity index (χ2v) is 5.17. The molecule has 0 aromatic heterocycles. The summed E-state index contributed by atoms with van der Waals surface area (Å²) >= 11 is 0. The lowest BCUT2D eigenvalue weighted by Crippen LogP contribution is -2.26. The number of aliphatic carboxylic acids is 1. The van der Waals surface area contributed by atoms with E-state index in [0.29, 0.717) is 11.4 Å². The molecule has 0 heterocycles. The van der Waals surface area contributed by atoms with Crippen molar-refractivity contribution >= 4 is 23.3 Å². The highest BCUT2D eigenvalue weighted by molar-refractivity contribution is 5.91. The zero-order chi connectivity index (χ0) is 16.0. The zero-order valence-corrected chi connectivity index (χ0v) is 12.5. The van der Waals surface area contributed by atoms with Crippen molar-refractivity contribution in [1.82, 2.24) is 0 Å². The first kappa shape index (κ1) is 16.9. The molecule has 0 unspecified atom stereocenters. The van der Waals surface area contributed by atoms with Gasteiger partial charge in [0.1, 0.15) is 5.82 Å². The van der Waals surface area contributed by atoms with Gasteiger partial charge in [-0.2, -0.15) is 0 Å². The standard InChI is InChI=1S/C15H21FN2O3/c1-10(2)18(3)13-8-7-11(9-12(13)16)17-14(19)5-4-6-15(20)21/h7-10H,4-6H2,1-3H3,(H,17,19)(H,20,21). The number of carbonyl (C=O) groups excluding carboxylic acids is 1. The molecule has 0 fully saturated rings. The van der Waals surface area contributed by atoms with Gasteiger partial charge in [-0.1, -0.05) is 0 Å². The number of nitrogens with zero attached hydrogens (tertiary/aromatic N) is 1. The molecular formula is C15H21FN2O3. The van der Waals surface area contributed by atoms with E-state index in [1.807, 2.05) is 13.8 Å². The van der Waals surface area contributed by atoms with Gasteiger partial charge in [-0.25, -0.2) is 4.39 Å². The molecule has 0 spiro atoms. The molecule has 2 N–H and O–H groups in total. The first-order valence-electron chi connectivity index (χ1n) is 6.85. The number of carbonyl (C=O) groups is 2. The fourth-order valence-electron chi connectivity index (χ4n) is 1.77. The summed E-state index contributed by atoms with van der Waals surface area (Å²) in [7, 11) is 1.80. The fourth-order valence-corrected chi connectivity index (χ4v) is 1.77. The number of amides is 1. The topological polar surface area (TPSA) is 69.6 Å². The van der Waals surface area contributed by atoms with Crippen molar-refractivity contribution in [2.45, 2.75) is 39.2 Å². The van der Waals surface area contributed by atoms with Crippen LogP contribution in [0.25, 0.3) is 0 Å². The molecule has 1 rings (SSSR count). The van der Waals surface area contributed by atoms with Gasteiger partial charge in [0.15, 0.2) is 0 Å². The fraction of sp³-hybridized carbons (Fsp3) is 0.467. The van der Waals surface area contributed by atoms with Crippen LogP contribution in [0.5, 0.6) is 0 Å². The molecule has 0 aliphatic rings. The summed E-state index contributed by atoms with van der Waals surface area (Å²) in [5, 5.41) is 11.1. The number of nitrogens with one attached hydrogen (secondary N) is 1. The predicted octanol–water partition coefficient (Wildman–Crippen LogP) is 2.86. The van der Waals surface area contributed by atoms with Crippen molar-refractivity contribution in [3.05, 3.63) is 24.0 Å². The Kier molecular flexibility index (Phi) is 6.14. The van der Waals surface area contributed by atoms with Crippen molar-refractivity contribution in [2.24, 2.45) is 0 Å². The number of halogens is 1. The number of anilines is 2. The molecule has 5 nitrogen and oxygen atoms in total. The van der Waals surface area contributed by atoms with Crippen molar-refractivity contribution in [3.8, 4) is 0 Å². The minimum atomic E-state index is -0.935. The van der Waals surface area contributed by atoms with Gasteiger partial charge in [-0.05, 0) is 38.5 Å². The first-order chi connectivity index (χ1) is 9.81. The maximum Gasteiger partial charge on any atom is 0.303 e. The van der Waals surface area contributed by atoms with E-state index in [4.69, 9.17) is 5.11 Å². The molecule has 21 heavy (non-hydrogen) atoms. The second kappa shape index (κ2) is 7.61. The van der Waals surface area contributed by atoms with Crippen LogP contribution in [0.1, 0.15) is 33.1 Å². The lowest BCUT2D eigenvalue weighted by atomic mass is 10.2. The smallest absolute Gasteiger partial charge is 0.303 e. The van der Waals surface area contributed by atoms with Gasteiger partial charge in [0, 0.05) is 31.6 Å². The SMILES string of the molecule is CC(C)N(C)c1ccc(NC(=O)CCCC(=O)O)cc1F. The number of carboxylic acids is 1. The summed E-state index contributed by atoms with van der Waals surface area (Å²) in [6.45, 7) is 3.91. The molecule has 0 saturated carbocycles. The number of benzene rings is 1. The molecular weight excluding hydrogens is 275 g/mol. The van der Waals surface area contributed by atoms with Crippen molar-refractivity contribution in [2.75, 3.05) is 17.3 Å². The van der Waals surface area contributed by atoms with Crippen LogP contribution in [0, 0.1) is 5.82 Å². The highest BCUT2D eigenvalue weighted by Crippen LogP contribution is 2.23. The normalized spacial score (nSPS) is 10.5. The summed E-state index contributed by atoms with van der Waals surface area (Å²) in [4.78, 5) is 23.7. The highest BCUT2D eigenvalue weighted by atomic mass is 19.1. The van der Waals surface area contributed by atoms with Crippen molar-refractivity contribution in [3.63, 3.8) is 0 Å². The lowest BCUT2D eigenvalue weighted by Gasteiger charge is -2.24. The third-order valence-electron chi connectivity index (χ3n) is 3.18. The molecule has 0 radical (unpaired) electrons. The Bertz CT molecular complexity index is 518. The van der Waals surface area contributed by atoms with E-state index in [2.05, 4.69) is 5.32 Å². The minimum Gasteiger partial charge on any atom is -0.481 e. The Labute approximate surface area is 123 Å². The van der Waals surface area contributed by atoms with Gasteiger partial charge in [0.2, 0.25) is 5.91 Å². The Morgan fingerprint density at radius 2 is 2.00 bits per heavy atom. The van der Waals surface area contributed by atoms with Crippen LogP contribution in [0.2, 0.25) is 0 Å². The quantitative estimate of drug-likeness (QED) is 0.811. The van der Waals surface area contributed by atoms with Gasteiger partial charge in [0.05, 0.1) is 5.69 Å². The van der Waals surface area contributed by atoms with Crippen LogP contribution >= 0.6 is 0 Å². The summed E-state index contributed by atoms with van der Waals surface area (Å²) in [5.41, 5.74) is 0.836. The van der Waals surface area contributed by atoms with Gasteiger partial charge in [-0.3, -0.25) is 9.59 Å². The number of hydrogen-bond donors (Lipinski definition) is 2. The first-order valence-corrected chi connectivity index (χ1v) is 6.85. The van der Waals surface area contributed by atoms with Gasteiger partial charge < -0.3 is 15.3 Å². The van der Waals surface area contributed by atoms with E-state index in [9.17, 15) is 14.0 Å². The second-order valence-electron chi connectivity index (χ2n) is 5.17. The van der Waals surface area contributed by atoms with E-state index in [0.717, 1.165) is 0 Å². The average molecular weight is 296 g/mol. The van der Waals surface area contributed by atoms with Crippen LogP contribution in [0.4, 0.5) is 15.8 Å². The van der Waals surface area contributed by atoms with Crippen LogP contribution in [-0.4, -0.2) is 30.1 Å². The van der Waals surface area contributed by atoms with E-state index in [-0.39, 0.29) is 31.2 Å². The minimum absolute atomic E-state index is 0.0557. The number of hydrogen-bond acceptors (Lipinski definition) is 3. The molecule has 0 aliphatic carbocycles. The maximum atomic E-state index is 14.0. The Balaban J connectivity index is 2.63. The Hall–Kier alpha value is -2.11. The summed E-state index contributed by atoms with van der Waals surface area (Å²) in [6.07, 6.45) is 0.305. The Morgan fingerprint density at radius 1 is 1.33 bits per heavy atom. The van der Waals surface area contributed by atoms with E-state index >= 15 is 0 Å². The summed E-state index contributed by atoms with van der Waals surface area (Å²) < 4.78 is 14.0. The monoisotopic (exact) mass is 296 g/mol. The lowest BCUT2D eigenvalue weighted by molar-refractivity contribution is -0.137. The molecule has 0 aliphatic heterocycles.